The van der Waals surface area contributed by atoms with E-state index in [4.69, 9.17) is 11.6 Å². The number of amides is 2. The van der Waals surface area contributed by atoms with E-state index in [1.165, 1.54) is 0 Å². The highest BCUT2D eigenvalue weighted by Gasteiger charge is 2.20. The van der Waals surface area contributed by atoms with Crippen LogP contribution < -0.4 is 5.32 Å². The van der Waals surface area contributed by atoms with Crippen LogP contribution in [0, 0.1) is 0 Å². The quantitative estimate of drug-likeness (QED) is 0.736. The molecule has 27 heavy (non-hydrogen) atoms. The summed E-state index contributed by atoms with van der Waals surface area (Å²) < 4.78 is 0. The van der Waals surface area contributed by atoms with E-state index in [0.29, 0.717) is 34.8 Å². The van der Waals surface area contributed by atoms with Gasteiger partial charge in [0.25, 0.3) is 5.91 Å². The van der Waals surface area contributed by atoms with E-state index < -0.39 is 0 Å². The first-order chi connectivity index (χ1) is 13.1. The van der Waals surface area contributed by atoms with Gasteiger partial charge < -0.3 is 10.2 Å². The van der Waals surface area contributed by atoms with Crippen LogP contribution in [-0.2, 0) is 11.3 Å². The molecule has 4 rings (SSSR count). The van der Waals surface area contributed by atoms with Gasteiger partial charge in [0, 0.05) is 41.7 Å². The smallest absolute Gasteiger partial charge is 0.255 e. The maximum absolute atomic E-state index is 12.8. The summed E-state index contributed by atoms with van der Waals surface area (Å²) in [6.45, 7) is 1.30. The number of benzene rings is 2. The summed E-state index contributed by atoms with van der Waals surface area (Å²) in [7, 11) is 0. The van der Waals surface area contributed by atoms with Crippen molar-refractivity contribution in [3.8, 4) is 0 Å². The highest BCUT2D eigenvalue weighted by molar-refractivity contribution is 6.32. The summed E-state index contributed by atoms with van der Waals surface area (Å²) in [5, 5.41) is 4.30. The van der Waals surface area contributed by atoms with Gasteiger partial charge >= 0.3 is 0 Å². The lowest BCUT2D eigenvalue weighted by molar-refractivity contribution is -0.128. The maximum atomic E-state index is 12.8. The highest BCUT2D eigenvalue weighted by atomic mass is 35.5. The number of aromatic nitrogens is 1. The minimum atomic E-state index is -0.237. The largest absolute Gasteiger partial charge is 0.338 e. The van der Waals surface area contributed by atoms with Gasteiger partial charge in [-0.05, 0) is 42.3 Å². The number of hydrogen-bond donors (Lipinski definition) is 1. The molecule has 0 radical (unpaired) electrons. The average molecular weight is 380 g/mol. The number of carbonyl (C=O) groups excluding carboxylic acids is 2. The molecular formula is C21H18ClN3O2. The molecule has 3 aromatic rings. The Kier molecular flexibility index (Phi) is 4.77. The van der Waals surface area contributed by atoms with Crippen LogP contribution in [0.25, 0.3) is 10.9 Å². The van der Waals surface area contributed by atoms with Gasteiger partial charge in [-0.1, -0.05) is 29.8 Å². The van der Waals surface area contributed by atoms with E-state index in [0.717, 1.165) is 23.9 Å². The summed E-state index contributed by atoms with van der Waals surface area (Å²) in [5.74, 6) is -0.0693. The minimum absolute atomic E-state index is 0.168. The Balaban J connectivity index is 1.57. The predicted molar refractivity (Wildman–Crippen MR) is 106 cm³/mol. The van der Waals surface area contributed by atoms with Crippen LogP contribution in [0.3, 0.4) is 0 Å². The minimum Gasteiger partial charge on any atom is -0.338 e. The molecule has 1 aromatic heterocycles. The van der Waals surface area contributed by atoms with Crippen molar-refractivity contribution >= 4 is 40.0 Å². The number of nitrogens with zero attached hydrogens (tertiary/aromatic N) is 2. The van der Waals surface area contributed by atoms with E-state index in [9.17, 15) is 9.59 Å². The third kappa shape index (κ3) is 3.78. The molecule has 136 valence electrons. The van der Waals surface area contributed by atoms with Gasteiger partial charge in [-0.15, -0.1) is 0 Å². The van der Waals surface area contributed by atoms with E-state index in [-0.39, 0.29) is 11.8 Å². The lowest BCUT2D eigenvalue weighted by Gasteiger charge is -2.16. The van der Waals surface area contributed by atoms with Gasteiger partial charge in [-0.3, -0.25) is 14.6 Å². The van der Waals surface area contributed by atoms with Gasteiger partial charge in [0.1, 0.15) is 0 Å². The van der Waals surface area contributed by atoms with Gasteiger partial charge in [0.05, 0.1) is 11.2 Å². The van der Waals surface area contributed by atoms with Crippen molar-refractivity contribution in [3.05, 3.63) is 70.9 Å². The number of anilines is 1. The lowest BCUT2D eigenvalue weighted by atomic mass is 10.1. The van der Waals surface area contributed by atoms with Crippen LogP contribution in [0.1, 0.15) is 28.8 Å². The van der Waals surface area contributed by atoms with Gasteiger partial charge in [0.15, 0.2) is 0 Å². The Morgan fingerprint density at radius 3 is 2.89 bits per heavy atom. The molecule has 1 saturated heterocycles. The van der Waals surface area contributed by atoms with Gasteiger partial charge in [-0.2, -0.15) is 0 Å². The summed E-state index contributed by atoms with van der Waals surface area (Å²) in [6, 6.07) is 14.6. The fourth-order valence-electron chi connectivity index (χ4n) is 3.35. The second-order valence-electron chi connectivity index (χ2n) is 6.60. The van der Waals surface area contributed by atoms with Crippen LogP contribution in [-0.4, -0.2) is 28.2 Å². The maximum Gasteiger partial charge on any atom is 0.255 e. The van der Waals surface area contributed by atoms with Crippen LogP contribution in [0.5, 0.6) is 0 Å². The van der Waals surface area contributed by atoms with Crippen molar-refractivity contribution in [1.82, 2.24) is 9.88 Å². The standard InChI is InChI=1S/C21H18ClN3O2/c22-17-11-15-6-2-8-23-20(15)18(12-17)24-21(27)16-5-1-4-14(10-16)13-25-9-3-7-19(25)26/h1-2,4-6,8,10-12H,3,7,9,13H2,(H,24,27). The molecule has 0 spiro atoms. The number of pyridine rings is 1. The Hall–Kier alpha value is -2.92. The normalized spacial score (nSPS) is 14.0. The third-order valence-electron chi connectivity index (χ3n) is 4.65. The van der Waals surface area contributed by atoms with Crippen molar-refractivity contribution in [2.45, 2.75) is 19.4 Å². The van der Waals surface area contributed by atoms with Crippen LogP contribution in [0.2, 0.25) is 5.02 Å². The predicted octanol–water partition coefficient (Wildman–Crippen LogP) is 4.26. The Morgan fingerprint density at radius 1 is 1.19 bits per heavy atom. The van der Waals surface area contributed by atoms with Gasteiger partial charge in [0.2, 0.25) is 5.91 Å². The summed E-state index contributed by atoms with van der Waals surface area (Å²) in [4.78, 5) is 30.8. The molecule has 5 nitrogen and oxygen atoms in total. The zero-order valence-electron chi connectivity index (χ0n) is 14.6. The number of rotatable bonds is 4. The van der Waals surface area contributed by atoms with E-state index in [1.54, 1.807) is 18.3 Å². The molecular weight excluding hydrogens is 362 g/mol. The SMILES string of the molecule is O=C(Nc1cc(Cl)cc2cccnc12)c1cccc(CN2CCCC2=O)c1. The van der Waals surface area contributed by atoms with E-state index in [1.807, 2.05) is 41.3 Å². The molecule has 2 amide bonds. The second kappa shape index (κ2) is 7.37. The molecule has 1 N–H and O–H groups in total. The number of halogens is 1. The molecule has 2 aromatic carbocycles. The van der Waals surface area contributed by atoms with Crippen molar-refractivity contribution < 1.29 is 9.59 Å². The molecule has 0 unspecified atom stereocenters. The third-order valence-corrected chi connectivity index (χ3v) is 4.87. The lowest BCUT2D eigenvalue weighted by Crippen LogP contribution is -2.24. The van der Waals surface area contributed by atoms with Crippen LogP contribution >= 0.6 is 11.6 Å². The number of hydrogen-bond acceptors (Lipinski definition) is 3. The molecule has 0 saturated carbocycles. The molecule has 0 bridgehead atoms. The zero-order valence-corrected chi connectivity index (χ0v) is 15.4. The van der Waals surface area contributed by atoms with Crippen molar-refractivity contribution in [2.75, 3.05) is 11.9 Å². The summed E-state index contributed by atoms with van der Waals surface area (Å²) in [5.41, 5.74) is 2.73. The zero-order chi connectivity index (χ0) is 18.8. The first-order valence-corrected chi connectivity index (χ1v) is 9.20. The van der Waals surface area contributed by atoms with Gasteiger partial charge in [-0.25, -0.2) is 0 Å². The fourth-order valence-corrected chi connectivity index (χ4v) is 3.57. The number of nitrogens with one attached hydrogen (secondary N) is 1. The molecule has 2 heterocycles. The average Bonchev–Trinajstić information content (AvgIpc) is 3.06. The Morgan fingerprint density at radius 2 is 2.07 bits per heavy atom. The Bertz CT molecular complexity index is 1030. The first-order valence-electron chi connectivity index (χ1n) is 8.82. The molecule has 0 atom stereocenters. The molecule has 0 aliphatic carbocycles. The molecule has 1 aliphatic heterocycles. The van der Waals surface area contributed by atoms with Crippen LogP contribution in [0.4, 0.5) is 5.69 Å². The highest BCUT2D eigenvalue weighted by Crippen LogP contribution is 2.27. The Labute approximate surface area is 162 Å². The second-order valence-corrected chi connectivity index (χ2v) is 7.04. The van der Waals surface area contributed by atoms with E-state index >= 15 is 0 Å². The number of carbonyl (C=O) groups is 2. The summed E-state index contributed by atoms with van der Waals surface area (Å²) >= 11 is 6.17. The monoisotopic (exact) mass is 379 g/mol. The molecule has 1 aliphatic rings. The molecule has 6 heteroatoms. The van der Waals surface area contributed by atoms with Crippen molar-refractivity contribution in [2.24, 2.45) is 0 Å². The van der Waals surface area contributed by atoms with E-state index in [2.05, 4.69) is 10.3 Å². The summed E-state index contributed by atoms with van der Waals surface area (Å²) in [6.07, 6.45) is 3.18. The molecule has 1 fully saturated rings. The van der Waals surface area contributed by atoms with Crippen molar-refractivity contribution in [3.63, 3.8) is 0 Å². The van der Waals surface area contributed by atoms with Crippen LogP contribution in [0.15, 0.2) is 54.7 Å². The number of fused-ring (bicyclic) bond motifs is 1. The first kappa shape index (κ1) is 17.5. The fraction of sp³-hybridized carbons (Fsp3) is 0.190. The topological polar surface area (TPSA) is 62.3 Å². The number of likely N-dealkylation sites (tertiary alicyclic amines) is 1. The van der Waals surface area contributed by atoms with Crippen molar-refractivity contribution in [1.29, 1.82) is 0 Å².